The zero-order valence-corrected chi connectivity index (χ0v) is 13.3. The standard InChI is InChI=1S/C18H34/c1-6-8-15(4)11-16(5)9-7-10-17-12-18(13-17)14(2)3/h7,10,14-18H,6,8-9,11-13H2,1-5H3. The van der Waals surface area contributed by atoms with Crippen molar-refractivity contribution >= 4 is 0 Å². The maximum atomic E-state index is 2.50. The molecular weight excluding hydrogens is 216 g/mol. The van der Waals surface area contributed by atoms with Crippen molar-refractivity contribution in [1.29, 1.82) is 0 Å². The van der Waals surface area contributed by atoms with E-state index >= 15 is 0 Å². The summed E-state index contributed by atoms with van der Waals surface area (Å²) in [6.45, 7) is 11.8. The molecule has 1 rings (SSSR count). The van der Waals surface area contributed by atoms with E-state index in [9.17, 15) is 0 Å². The highest BCUT2D eigenvalue weighted by Gasteiger charge is 2.28. The van der Waals surface area contributed by atoms with Crippen molar-refractivity contribution in [1.82, 2.24) is 0 Å². The van der Waals surface area contributed by atoms with Gasteiger partial charge in [0.1, 0.15) is 0 Å². The van der Waals surface area contributed by atoms with Crippen molar-refractivity contribution < 1.29 is 0 Å². The van der Waals surface area contributed by atoms with Crippen LogP contribution in [0.2, 0.25) is 0 Å². The molecule has 2 unspecified atom stereocenters. The van der Waals surface area contributed by atoms with E-state index in [4.69, 9.17) is 0 Å². The zero-order chi connectivity index (χ0) is 13.5. The fourth-order valence-corrected chi connectivity index (χ4v) is 3.31. The molecule has 0 N–H and O–H groups in total. The summed E-state index contributed by atoms with van der Waals surface area (Å²) >= 11 is 0. The van der Waals surface area contributed by atoms with Crippen LogP contribution in [0.3, 0.4) is 0 Å². The highest BCUT2D eigenvalue weighted by Crippen LogP contribution is 2.39. The van der Waals surface area contributed by atoms with Gasteiger partial charge in [-0.3, -0.25) is 0 Å². The van der Waals surface area contributed by atoms with E-state index in [0.29, 0.717) is 0 Å². The Hall–Kier alpha value is -0.260. The molecule has 1 aliphatic carbocycles. The average molecular weight is 250 g/mol. The van der Waals surface area contributed by atoms with Crippen molar-refractivity contribution in [2.45, 2.75) is 73.1 Å². The second-order valence-electron chi connectivity index (χ2n) is 7.13. The fraction of sp³-hybridized carbons (Fsp3) is 0.889. The molecule has 0 saturated heterocycles. The third-order valence-electron chi connectivity index (χ3n) is 4.69. The molecule has 0 aromatic rings. The van der Waals surface area contributed by atoms with Gasteiger partial charge in [-0.2, -0.15) is 0 Å². The highest BCUT2D eigenvalue weighted by atomic mass is 14.3. The van der Waals surface area contributed by atoms with Gasteiger partial charge in [-0.15, -0.1) is 0 Å². The topological polar surface area (TPSA) is 0 Å². The molecule has 0 aromatic carbocycles. The van der Waals surface area contributed by atoms with Gasteiger partial charge >= 0.3 is 0 Å². The molecule has 1 fully saturated rings. The summed E-state index contributed by atoms with van der Waals surface area (Å²) in [7, 11) is 0. The predicted octanol–water partition coefficient (Wildman–Crippen LogP) is 6.08. The van der Waals surface area contributed by atoms with Crippen molar-refractivity contribution in [2.24, 2.45) is 29.6 Å². The second kappa shape index (κ2) is 8.02. The van der Waals surface area contributed by atoms with Gasteiger partial charge in [0, 0.05) is 0 Å². The first-order valence-electron chi connectivity index (χ1n) is 8.19. The summed E-state index contributed by atoms with van der Waals surface area (Å²) < 4.78 is 0. The summed E-state index contributed by atoms with van der Waals surface area (Å²) in [4.78, 5) is 0. The zero-order valence-electron chi connectivity index (χ0n) is 13.3. The lowest BCUT2D eigenvalue weighted by Gasteiger charge is -2.36. The van der Waals surface area contributed by atoms with Crippen LogP contribution in [0.1, 0.15) is 73.1 Å². The minimum atomic E-state index is 0.865. The molecular formula is C18H34. The molecule has 0 aliphatic heterocycles. The number of hydrogen-bond donors (Lipinski definition) is 0. The maximum absolute atomic E-state index is 2.50. The average Bonchev–Trinajstić information content (AvgIpc) is 2.20. The molecule has 106 valence electrons. The van der Waals surface area contributed by atoms with Crippen LogP contribution in [-0.4, -0.2) is 0 Å². The highest BCUT2D eigenvalue weighted by molar-refractivity contribution is 4.97. The van der Waals surface area contributed by atoms with Crippen LogP contribution < -0.4 is 0 Å². The normalized spacial score (nSPS) is 27.4. The molecule has 1 saturated carbocycles. The minimum absolute atomic E-state index is 0.865. The number of allylic oxidation sites excluding steroid dienone is 2. The Balaban J connectivity index is 2.10. The molecule has 0 heteroatoms. The van der Waals surface area contributed by atoms with Crippen LogP contribution in [-0.2, 0) is 0 Å². The van der Waals surface area contributed by atoms with E-state index in [-0.39, 0.29) is 0 Å². The van der Waals surface area contributed by atoms with Gasteiger partial charge < -0.3 is 0 Å². The molecule has 0 aromatic heterocycles. The summed E-state index contributed by atoms with van der Waals surface area (Å²) in [5.41, 5.74) is 0. The van der Waals surface area contributed by atoms with Crippen LogP contribution in [0, 0.1) is 29.6 Å². The van der Waals surface area contributed by atoms with Gasteiger partial charge in [-0.05, 0) is 55.3 Å². The summed E-state index contributed by atoms with van der Waals surface area (Å²) in [5.74, 6) is 4.57. The van der Waals surface area contributed by atoms with Gasteiger partial charge in [-0.25, -0.2) is 0 Å². The quantitative estimate of drug-likeness (QED) is 0.458. The minimum Gasteiger partial charge on any atom is -0.0880 e. The van der Waals surface area contributed by atoms with E-state index in [2.05, 4.69) is 46.8 Å². The predicted molar refractivity (Wildman–Crippen MR) is 82.7 cm³/mol. The lowest BCUT2D eigenvalue weighted by atomic mass is 9.69. The Morgan fingerprint density at radius 1 is 1.06 bits per heavy atom. The lowest BCUT2D eigenvalue weighted by molar-refractivity contribution is 0.177. The Bertz CT molecular complexity index is 232. The largest absolute Gasteiger partial charge is 0.0880 e. The van der Waals surface area contributed by atoms with Crippen LogP contribution in [0.25, 0.3) is 0 Å². The molecule has 18 heavy (non-hydrogen) atoms. The first-order chi connectivity index (χ1) is 8.52. The summed E-state index contributed by atoms with van der Waals surface area (Å²) in [6.07, 6.45) is 13.3. The van der Waals surface area contributed by atoms with Gasteiger partial charge in [0.05, 0.1) is 0 Å². The van der Waals surface area contributed by atoms with Crippen LogP contribution in [0.15, 0.2) is 12.2 Å². The van der Waals surface area contributed by atoms with Crippen molar-refractivity contribution in [3.63, 3.8) is 0 Å². The van der Waals surface area contributed by atoms with Crippen molar-refractivity contribution in [2.75, 3.05) is 0 Å². The molecule has 1 aliphatic rings. The number of hydrogen-bond acceptors (Lipinski definition) is 0. The van der Waals surface area contributed by atoms with Crippen molar-refractivity contribution in [3.05, 3.63) is 12.2 Å². The third-order valence-corrected chi connectivity index (χ3v) is 4.69. The van der Waals surface area contributed by atoms with Crippen LogP contribution in [0.5, 0.6) is 0 Å². The monoisotopic (exact) mass is 250 g/mol. The molecule has 0 radical (unpaired) electrons. The van der Waals surface area contributed by atoms with E-state index in [0.717, 1.165) is 29.6 Å². The van der Waals surface area contributed by atoms with E-state index < -0.39 is 0 Å². The molecule has 0 heterocycles. The smallest absolute Gasteiger partial charge is 0.0228 e. The molecule has 0 bridgehead atoms. The lowest BCUT2D eigenvalue weighted by Crippen LogP contribution is -2.26. The Kier molecular flexibility index (Phi) is 7.04. The van der Waals surface area contributed by atoms with E-state index in [1.165, 1.54) is 38.5 Å². The van der Waals surface area contributed by atoms with Crippen LogP contribution >= 0.6 is 0 Å². The first kappa shape index (κ1) is 15.8. The summed E-state index contributed by atoms with van der Waals surface area (Å²) in [6, 6.07) is 0. The molecule has 0 amide bonds. The SMILES string of the molecule is CCCC(C)CC(C)CC=CC1CC(C(C)C)C1. The maximum Gasteiger partial charge on any atom is -0.0228 e. The fourth-order valence-electron chi connectivity index (χ4n) is 3.31. The van der Waals surface area contributed by atoms with Crippen molar-refractivity contribution in [3.8, 4) is 0 Å². The van der Waals surface area contributed by atoms with Gasteiger partial charge in [0.2, 0.25) is 0 Å². The first-order valence-corrected chi connectivity index (χ1v) is 8.19. The van der Waals surface area contributed by atoms with Crippen LogP contribution in [0.4, 0.5) is 0 Å². The van der Waals surface area contributed by atoms with Gasteiger partial charge in [0.15, 0.2) is 0 Å². The Labute approximate surface area is 115 Å². The Morgan fingerprint density at radius 3 is 2.28 bits per heavy atom. The Morgan fingerprint density at radius 2 is 1.72 bits per heavy atom. The second-order valence-corrected chi connectivity index (χ2v) is 7.13. The molecule has 2 atom stereocenters. The van der Waals surface area contributed by atoms with Gasteiger partial charge in [0.25, 0.3) is 0 Å². The molecule has 0 nitrogen and oxygen atoms in total. The molecule has 0 spiro atoms. The van der Waals surface area contributed by atoms with E-state index in [1.54, 1.807) is 0 Å². The number of rotatable bonds is 8. The third kappa shape index (κ3) is 5.59. The van der Waals surface area contributed by atoms with E-state index in [1.807, 2.05) is 0 Å². The van der Waals surface area contributed by atoms with Gasteiger partial charge in [-0.1, -0.05) is 59.6 Å². The summed E-state index contributed by atoms with van der Waals surface area (Å²) in [5, 5.41) is 0.